The van der Waals surface area contributed by atoms with E-state index in [2.05, 4.69) is 15.3 Å². The number of anilines is 1. The van der Waals surface area contributed by atoms with Crippen molar-refractivity contribution in [2.45, 2.75) is 25.3 Å². The highest BCUT2D eigenvalue weighted by molar-refractivity contribution is 5.77. The number of rotatable bonds is 1. The number of ether oxygens (including phenoxy) is 1. The predicted molar refractivity (Wildman–Crippen MR) is 53.7 cm³/mol. The zero-order chi connectivity index (χ0) is 10.3. The van der Waals surface area contributed by atoms with E-state index in [9.17, 15) is 5.11 Å². The van der Waals surface area contributed by atoms with Crippen molar-refractivity contribution in [1.29, 1.82) is 0 Å². The Bertz CT molecular complexity index is 401. The van der Waals surface area contributed by atoms with Crippen LogP contribution in [-0.4, -0.2) is 33.7 Å². The fraction of sp³-hybridized carbons (Fsp3) is 0.556. The molecule has 1 saturated heterocycles. The van der Waals surface area contributed by atoms with E-state index in [1.54, 1.807) is 12.7 Å². The lowest BCUT2D eigenvalue weighted by atomic mass is 10.3. The van der Waals surface area contributed by atoms with E-state index in [0.717, 1.165) is 11.5 Å². The molecule has 1 fully saturated rings. The van der Waals surface area contributed by atoms with Gasteiger partial charge in [0.15, 0.2) is 6.23 Å². The maximum Gasteiger partial charge on any atom is 0.162 e. The van der Waals surface area contributed by atoms with Gasteiger partial charge in [0.05, 0.1) is 25.8 Å². The number of hydrogen-bond acceptors (Lipinski definition) is 5. The summed E-state index contributed by atoms with van der Waals surface area (Å²) in [6.45, 7) is 1.17. The summed E-state index contributed by atoms with van der Waals surface area (Å²) in [6, 6.07) is 0. The molecule has 2 N–H and O–H groups in total. The van der Waals surface area contributed by atoms with Gasteiger partial charge in [0.2, 0.25) is 0 Å². The molecule has 0 aromatic carbocycles. The van der Waals surface area contributed by atoms with Gasteiger partial charge in [-0.1, -0.05) is 0 Å². The van der Waals surface area contributed by atoms with E-state index in [0.29, 0.717) is 19.6 Å². The molecule has 2 atom stereocenters. The summed E-state index contributed by atoms with van der Waals surface area (Å²) in [5, 5.41) is 12.8. The summed E-state index contributed by atoms with van der Waals surface area (Å²) < 4.78 is 7.30. The molecule has 0 aliphatic carbocycles. The van der Waals surface area contributed by atoms with Gasteiger partial charge in [0.1, 0.15) is 17.6 Å². The van der Waals surface area contributed by atoms with Gasteiger partial charge in [-0.25, -0.2) is 4.98 Å². The van der Waals surface area contributed by atoms with Crippen molar-refractivity contribution in [3.8, 4) is 0 Å². The van der Waals surface area contributed by atoms with E-state index < -0.39 is 6.10 Å². The van der Waals surface area contributed by atoms with E-state index in [1.165, 1.54) is 0 Å². The summed E-state index contributed by atoms with van der Waals surface area (Å²) in [4.78, 5) is 8.29. The first-order valence-corrected chi connectivity index (χ1v) is 4.96. The number of aromatic nitrogens is 2. The lowest BCUT2D eigenvalue weighted by Crippen LogP contribution is -2.21. The van der Waals surface area contributed by atoms with Crippen LogP contribution in [0.4, 0.5) is 5.82 Å². The number of aliphatic hydroxyl groups excluding tert-OH is 1. The van der Waals surface area contributed by atoms with Crippen LogP contribution in [0.1, 0.15) is 18.3 Å². The third-order valence-corrected chi connectivity index (χ3v) is 2.71. The van der Waals surface area contributed by atoms with Gasteiger partial charge in [0, 0.05) is 6.42 Å². The smallest absolute Gasteiger partial charge is 0.162 e. The van der Waals surface area contributed by atoms with Crippen LogP contribution >= 0.6 is 0 Å². The third-order valence-electron chi connectivity index (χ3n) is 2.71. The van der Waals surface area contributed by atoms with Gasteiger partial charge >= 0.3 is 0 Å². The number of aliphatic imine (C=N–C) groups is 1. The van der Waals surface area contributed by atoms with Gasteiger partial charge in [0.25, 0.3) is 0 Å². The first-order chi connectivity index (χ1) is 7.36. The Hall–Kier alpha value is -1.40. The number of fused-ring (bicyclic) bond motifs is 1. The maximum atomic E-state index is 9.73. The Labute approximate surface area is 86.6 Å². The van der Waals surface area contributed by atoms with Crippen LogP contribution in [0.3, 0.4) is 0 Å². The van der Waals surface area contributed by atoms with E-state index in [-0.39, 0.29) is 6.23 Å². The second-order valence-electron chi connectivity index (χ2n) is 3.68. The van der Waals surface area contributed by atoms with Gasteiger partial charge < -0.3 is 15.2 Å². The minimum Gasteiger partial charge on any atom is -0.388 e. The van der Waals surface area contributed by atoms with E-state index >= 15 is 0 Å². The molecule has 0 saturated carbocycles. The summed E-state index contributed by atoms with van der Waals surface area (Å²) in [5.74, 6) is 0.871. The van der Waals surface area contributed by atoms with Crippen LogP contribution in [-0.2, 0) is 11.3 Å². The normalized spacial score (nSPS) is 28.9. The van der Waals surface area contributed by atoms with Gasteiger partial charge in [-0.15, -0.1) is 0 Å². The molecule has 2 unspecified atom stereocenters. The van der Waals surface area contributed by atoms with Crippen LogP contribution in [0, 0.1) is 0 Å². The molecule has 3 heterocycles. The van der Waals surface area contributed by atoms with Gasteiger partial charge in [-0.3, -0.25) is 9.56 Å². The lowest BCUT2D eigenvalue weighted by Gasteiger charge is -2.19. The van der Waals surface area contributed by atoms with Crippen molar-refractivity contribution >= 4 is 12.2 Å². The largest absolute Gasteiger partial charge is 0.388 e. The number of aliphatic hydroxyl groups is 1. The van der Waals surface area contributed by atoms with Crippen molar-refractivity contribution in [2.75, 3.05) is 11.9 Å². The molecule has 15 heavy (non-hydrogen) atoms. The fourth-order valence-electron chi connectivity index (χ4n) is 1.93. The second-order valence-corrected chi connectivity index (χ2v) is 3.68. The molecular weight excluding hydrogens is 196 g/mol. The van der Waals surface area contributed by atoms with Crippen molar-refractivity contribution in [3.05, 3.63) is 12.0 Å². The van der Waals surface area contributed by atoms with Crippen molar-refractivity contribution < 1.29 is 9.84 Å². The monoisotopic (exact) mass is 208 g/mol. The van der Waals surface area contributed by atoms with Crippen molar-refractivity contribution in [3.63, 3.8) is 0 Å². The highest BCUT2D eigenvalue weighted by atomic mass is 16.5. The van der Waals surface area contributed by atoms with Crippen molar-refractivity contribution in [1.82, 2.24) is 9.55 Å². The highest BCUT2D eigenvalue weighted by Crippen LogP contribution is 2.29. The molecular formula is C9H12N4O2. The highest BCUT2D eigenvalue weighted by Gasteiger charge is 2.30. The molecule has 1 aromatic rings. The van der Waals surface area contributed by atoms with E-state index in [4.69, 9.17) is 4.74 Å². The number of nitrogens with one attached hydrogen (secondary N) is 1. The molecule has 6 nitrogen and oxygen atoms in total. The molecule has 0 amide bonds. The minimum absolute atomic E-state index is 0.319. The average Bonchev–Trinajstić information content (AvgIpc) is 2.83. The third kappa shape index (κ3) is 1.33. The molecule has 0 spiro atoms. The van der Waals surface area contributed by atoms with Crippen LogP contribution < -0.4 is 5.32 Å². The first kappa shape index (κ1) is 8.87. The Morgan fingerprint density at radius 3 is 3.33 bits per heavy atom. The van der Waals surface area contributed by atoms with E-state index in [1.807, 2.05) is 4.57 Å². The molecule has 0 radical (unpaired) electrons. The summed E-state index contributed by atoms with van der Waals surface area (Å²) in [6.07, 6.45) is 3.23. The zero-order valence-corrected chi connectivity index (χ0v) is 8.13. The molecule has 3 rings (SSSR count). The quantitative estimate of drug-likeness (QED) is 0.687. The zero-order valence-electron chi connectivity index (χ0n) is 8.13. The SMILES string of the molecule is OC1CCOC1n1cnc2c1NC=NC2. The summed E-state index contributed by atoms with van der Waals surface area (Å²) >= 11 is 0. The Kier molecular flexibility index (Phi) is 1.96. The second kappa shape index (κ2) is 3.32. The Balaban J connectivity index is 1.96. The molecule has 2 aliphatic heterocycles. The summed E-state index contributed by atoms with van der Waals surface area (Å²) in [5.41, 5.74) is 0.889. The van der Waals surface area contributed by atoms with Crippen LogP contribution in [0.25, 0.3) is 0 Å². The maximum absolute atomic E-state index is 9.73. The summed E-state index contributed by atoms with van der Waals surface area (Å²) in [7, 11) is 0. The fourth-order valence-corrected chi connectivity index (χ4v) is 1.93. The van der Waals surface area contributed by atoms with Crippen LogP contribution in [0.2, 0.25) is 0 Å². The lowest BCUT2D eigenvalue weighted by molar-refractivity contribution is -0.00730. The van der Waals surface area contributed by atoms with Crippen LogP contribution in [0.15, 0.2) is 11.3 Å². The number of nitrogens with zero attached hydrogens (tertiary/aromatic N) is 3. The Morgan fingerprint density at radius 1 is 1.60 bits per heavy atom. The molecule has 0 bridgehead atoms. The first-order valence-electron chi connectivity index (χ1n) is 4.96. The molecule has 2 aliphatic rings. The number of imidazole rings is 1. The number of hydrogen-bond donors (Lipinski definition) is 2. The predicted octanol–water partition coefficient (Wildman–Crippen LogP) is 0.117. The molecule has 6 heteroatoms. The van der Waals surface area contributed by atoms with Gasteiger partial charge in [-0.05, 0) is 0 Å². The van der Waals surface area contributed by atoms with Gasteiger partial charge in [-0.2, -0.15) is 0 Å². The molecule has 80 valence electrons. The molecule has 1 aromatic heterocycles. The topological polar surface area (TPSA) is 71.7 Å². The standard InChI is InChI=1S/C9H12N4O2/c14-7-1-2-15-9(7)13-5-12-6-3-10-4-11-8(6)13/h4-5,7,9,14H,1-3H2,(H,10,11). The minimum atomic E-state index is -0.455. The average molecular weight is 208 g/mol. The van der Waals surface area contributed by atoms with Crippen molar-refractivity contribution in [2.24, 2.45) is 4.99 Å². The van der Waals surface area contributed by atoms with Crippen LogP contribution in [0.5, 0.6) is 0 Å². The Morgan fingerprint density at radius 2 is 2.53 bits per heavy atom.